The molecule has 3 rings (SSSR count). The molecule has 0 unspecified atom stereocenters. The van der Waals surface area contributed by atoms with Crippen LogP contribution in [0.2, 0.25) is 0 Å². The summed E-state index contributed by atoms with van der Waals surface area (Å²) in [4.78, 5) is 31.6. The Kier molecular flexibility index (Phi) is 9.23. The van der Waals surface area contributed by atoms with E-state index in [1.165, 1.54) is 12.1 Å². The summed E-state index contributed by atoms with van der Waals surface area (Å²) in [6.07, 6.45) is 2.38. The average molecular weight is 504 g/mol. The lowest BCUT2D eigenvalue weighted by Gasteiger charge is -2.36. The van der Waals surface area contributed by atoms with E-state index in [2.05, 4.69) is 27.8 Å². The SMILES string of the molecule is CCCCC(=O)N(CCN1CCN(C(=O)c2cccc(Br)c2)CC1)Cc1ccc(F)cc1. The molecule has 1 aliphatic heterocycles. The highest BCUT2D eigenvalue weighted by molar-refractivity contribution is 9.10. The maximum Gasteiger partial charge on any atom is 0.253 e. The average Bonchev–Trinajstić information content (AvgIpc) is 2.81. The van der Waals surface area contributed by atoms with Gasteiger partial charge < -0.3 is 9.80 Å². The van der Waals surface area contributed by atoms with Crippen LogP contribution in [-0.4, -0.2) is 65.8 Å². The number of unbranched alkanes of at least 4 members (excludes halogenated alkanes) is 1. The third-order valence-corrected chi connectivity index (χ3v) is 6.29. The van der Waals surface area contributed by atoms with Gasteiger partial charge in [-0.2, -0.15) is 0 Å². The number of piperazine rings is 1. The summed E-state index contributed by atoms with van der Waals surface area (Å²) >= 11 is 3.42. The zero-order chi connectivity index (χ0) is 22.9. The molecule has 1 heterocycles. The third kappa shape index (κ3) is 7.14. The van der Waals surface area contributed by atoms with Gasteiger partial charge in [0.2, 0.25) is 5.91 Å². The molecule has 0 atom stereocenters. The number of hydrogen-bond acceptors (Lipinski definition) is 3. The molecule has 32 heavy (non-hydrogen) atoms. The number of nitrogens with zero attached hydrogens (tertiary/aromatic N) is 3. The minimum atomic E-state index is -0.270. The number of amides is 2. The molecule has 1 saturated heterocycles. The van der Waals surface area contributed by atoms with Crippen LogP contribution in [0.15, 0.2) is 53.0 Å². The smallest absolute Gasteiger partial charge is 0.253 e. The first-order valence-electron chi connectivity index (χ1n) is 11.3. The first-order valence-corrected chi connectivity index (χ1v) is 12.0. The Morgan fingerprint density at radius 1 is 1.06 bits per heavy atom. The van der Waals surface area contributed by atoms with Crippen LogP contribution >= 0.6 is 15.9 Å². The molecular formula is C25H31BrFN3O2. The van der Waals surface area contributed by atoms with Gasteiger partial charge in [-0.3, -0.25) is 14.5 Å². The van der Waals surface area contributed by atoms with E-state index < -0.39 is 0 Å². The number of hydrogen-bond donors (Lipinski definition) is 0. The topological polar surface area (TPSA) is 43.9 Å². The lowest BCUT2D eigenvalue weighted by atomic mass is 10.1. The standard InChI is InChI=1S/C25H31BrFN3O2/c1-2-3-7-24(31)30(19-20-8-10-23(27)11-9-20)17-14-28-12-15-29(16-13-28)25(32)21-5-4-6-22(26)18-21/h4-6,8-11,18H,2-3,7,12-17,19H2,1H3. The zero-order valence-corrected chi connectivity index (χ0v) is 20.2. The molecule has 0 saturated carbocycles. The van der Waals surface area contributed by atoms with E-state index in [1.54, 1.807) is 12.1 Å². The van der Waals surface area contributed by atoms with E-state index in [0.29, 0.717) is 38.2 Å². The predicted molar refractivity (Wildman–Crippen MR) is 128 cm³/mol. The van der Waals surface area contributed by atoms with Crippen molar-refractivity contribution in [2.45, 2.75) is 32.7 Å². The van der Waals surface area contributed by atoms with E-state index in [0.717, 1.165) is 42.5 Å². The highest BCUT2D eigenvalue weighted by Gasteiger charge is 2.23. The van der Waals surface area contributed by atoms with Gasteiger partial charge in [0.05, 0.1) is 0 Å². The van der Waals surface area contributed by atoms with Crippen LogP contribution in [0.25, 0.3) is 0 Å². The zero-order valence-electron chi connectivity index (χ0n) is 18.6. The number of halogens is 2. The largest absolute Gasteiger partial charge is 0.337 e. The van der Waals surface area contributed by atoms with Gasteiger partial charge in [0.1, 0.15) is 5.82 Å². The second kappa shape index (κ2) is 12.1. The molecule has 0 bridgehead atoms. The van der Waals surface area contributed by atoms with Crippen LogP contribution in [-0.2, 0) is 11.3 Å². The van der Waals surface area contributed by atoms with Crippen LogP contribution in [0.4, 0.5) is 4.39 Å². The van der Waals surface area contributed by atoms with Crippen LogP contribution < -0.4 is 0 Å². The molecule has 0 radical (unpaired) electrons. The van der Waals surface area contributed by atoms with Crippen molar-refractivity contribution in [1.29, 1.82) is 0 Å². The van der Waals surface area contributed by atoms with E-state index in [1.807, 2.05) is 34.1 Å². The number of rotatable bonds is 9. The molecule has 1 aliphatic rings. The monoisotopic (exact) mass is 503 g/mol. The number of benzene rings is 2. The normalized spacial score (nSPS) is 14.4. The third-order valence-electron chi connectivity index (χ3n) is 5.80. The Bertz CT molecular complexity index is 898. The predicted octanol–water partition coefficient (Wildman–Crippen LogP) is 4.57. The van der Waals surface area contributed by atoms with Crippen molar-refractivity contribution in [3.8, 4) is 0 Å². The van der Waals surface area contributed by atoms with Crippen molar-refractivity contribution in [3.63, 3.8) is 0 Å². The lowest BCUT2D eigenvalue weighted by Crippen LogP contribution is -2.50. The molecular weight excluding hydrogens is 473 g/mol. The molecule has 0 spiro atoms. The van der Waals surface area contributed by atoms with E-state index in [4.69, 9.17) is 0 Å². The van der Waals surface area contributed by atoms with Gasteiger partial charge >= 0.3 is 0 Å². The van der Waals surface area contributed by atoms with E-state index >= 15 is 0 Å². The van der Waals surface area contributed by atoms with Crippen molar-refractivity contribution in [2.75, 3.05) is 39.3 Å². The first kappa shape index (κ1) is 24.4. The van der Waals surface area contributed by atoms with Crippen molar-refractivity contribution >= 4 is 27.7 Å². The van der Waals surface area contributed by atoms with Gasteiger partial charge in [0, 0.05) is 62.3 Å². The molecule has 0 aromatic heterocycles. The van der Waals surface area contributed by atoms with Crippen LogP contribution in [0.1, 0.15) is 42.1 Å². The fraction of sp³-hybridized carbons (Fsp3) is 0.440. The second-order valence-corrected chi connectivity index (χ2v) is 9.11. The highest BCUT2D eigenvalue weighted by atomic mass is 79.9. The van der Waals surface area contributed by atoms with Crippen LogP contribution in [0.3, 0.4) is 0 Å². The van der Waals surface area contributed by atoms with Gasteiger partial charge in [-0.15, -0.1) is 0 Å². The molecule has 7 heteroatoms. The Hall–Kier alpha value is -2.25. The van der Waals surface area contributed by atoms with Crippen molar-refractivity contribution in [1.82, 2.24) is 14.7 Å². The van der Waals surface area contributed by atoms with Crippen molar-refractivity contribution < 1.29 is 14.0 Å². The molecule has 5 nitrogen and oxygen atoms in total. The van der Waals surface area contributed by atoms with Crippen molar-refractivity contribution in [2.24, 2.45) is 0 Å². The Morgan fingerprint density at radius 3 is 2.44 bits per heavy atom. The Balaban J connectivity index is 1.52. The number of carbonyl (C=O) groups is 2. The summed E-state index contributed by atoms with van der Waals surface area (Å²) in [6, 6.07) is 13.8. The van der Waals surface area contributed by atoms with Gasteiger partial charge in [-0.05, 0) is 42.3 Å². The lowest BCUT2D eigenvalue weighted by molar-refractivity contribution is -0.132. The van der Waals surface area contributed by atoms with Crippen LogP contribution in [0, 0.1) is 5.82 Å². The van der Waals surface area contributed by atoms with Gasteiger partial charge in [0.25, 0.3) is 5.91 Å². The summed E-state index contributed by atoms with van der Waals surface area (Å²) in [5.41, 5.74) is 1.63. The summed E-state index contributed by atoms with van der Waals surface area (Å²) in [7, 11) is 0. The molecule has 0 N–H and O–H groups in total. The molecule has 172 valence electrons. The summed E-state index contributed by atoms with van der Waals surface area (Å²) in [6.45, 7) is 6.87. The second-order valence-electron chi connectivity index (χ2n) is 8.19. The summed E-state index contributed by atoms with van der Waals surface area (Å²) in [5.74, 6) is -0.0776. The van der Waals surface area contributed by atoms with Gasteiger partial charge in [0.15, 0.2) is 0 Å². The summed E-state index contributed by atoms with van der Waals surface area (Å²) < 4.78 is 14.1. The van der Waals surface area contributed by atoms with Gasteiger partial charge in [-0.25, -0.2) is 4.39 Å². The maximum absolute atomic E-state index is 13.2. The molecule has 2 amide bonds. The fourth-order valence-electron chi connectivity index (χ4n) is 3.83. The minimum absolute atomic E-state index is 0.0543. The number of carbonyl (C=O) groups excluding carboxylic acids is 2. The van der Waals surface area contributed by atoms with Crippen molar-refractivity contribution in [3.05, 3.63) is 69.9 Å². The van der Waals surface area contributed by atoms with Crippen LogP contribution in [0.5, 0.6) is 0 Å². The molecule has 0 aliphatic carbocycles. The molecule has 2 aromatic carbocycles. The van der Waals surface area contributed by atoms with Gasteiger partial charge in [-0.1, -0.05) is 47.5 Å². The van der Waals surface area contributed by atoms with E-state index in [9.17, 15) is 14.0 Å². The molecule has 1 fully saturated rings. The molecule has 2 aromatic rings. The quantitative estimate of drug-likeness (QED) is 0.503. The minimum Gasteiger partial charge on any atom is -0.337 e. The Morgan fingerprint density at radius 2 is 1.78 bits per heavy atom. The fourth-order valence-corrected chi connectivity index (χ4v) is 4.23. The highest BCUT2D eigenvalue weighted by Crippen LogP contribution is 2.15. The van der Waals surface area contributed by atoms with E-state index in [-0.39, 0.29) is 17.6 Å². The summed E-state index contributed by atoms with van der Waals surface area (Å²) in [5, 5.41) is 0. The Labute approximate surface area is 198 Å². The first-order chi connectivity index (χ1) is 15.5. The maximum atomic E-state index is 13.2.